The molecule has 5 atom stereocenters. The molecule has 1 aliphatic rings. The first-order chi connectivity index (χ1) is 12.9. The van der Waals surface area contributed by atoms with Crippen molar-refractivity contribution in [2.24, 2.45) is 5.11 Å². The van der Waals surface area contributed by atoms with Crippen LogP contribution in [0.4, 0.5) is 0 Å². The lowest BCUT2D eigenvalue weighted by Gasteiger charge is -2.41. The Morgan fingerprint density at radius 2 is 2.15 bits per heavy atom. The topological polar surface area (TPSA) is 137 Å². The minimum absolute atomic E-state index is 0.188. The third kappa shape index (κ3) is 5.57. The van der Waals surface area contributed by atoms with E-state index in [1.54, 1.807) is 18.2 Å². The predicted octanol–water partition coefficient (Wildman–Crippen LogP) is 1.89. The van der Waals surface area contributed by atoms with Crippen LogP contribution in [0.2, 0.25) is 10.0 Å². The molecule has 27 heavy (non-hydrogen) atoms. The number of aliphatic hydroxyl groups excluding tert-OH is 2. The largest absolute Gasteiger partial charge is 0.388 e. The summed E-state index contributed by atoms with van der Waals surface area (Å²) >= 11 is 11.8. The van der Waals surface area contributed by atoms with Gasteiger partial charge in [-0.3, -0.25) is 4.79 Å². The summed E-state index contributed by atoms with van der Waals surface area (Å²) in [6.45, 7) is -0.188. The first-order valence-electron chi connectivity index (χ1n) is 7.86. The molecule has 0 aliphatic carbocycles. The van der Waals surface area contributed by atoms with Gasteiger partial charge in [0.05, 0.1) is 22.7 Å². The SMILES string of the molecule is COC1O[C@H](CN=[N+]=[N-])[C@@H](O)[C@H](O)[C@H]1NC(=O)/C=C/c1ccc(Cl)c(Cl)c1. The standard InChI is InChI=1S/C16H18Cl2N4O5/c1-26-16-13(15(25)14(24)11(27-16)7-20-22-19)21-12(23)5-3-8-2-4-9(17)10(18)6-8/h2-6,11,13-16,24-25H,7H2,1H3,(H,21,23)/b5-3+/t11-,13-,14-,15-,16?/m1/s1. The van der Waals surface area contributed by atoms with Gasteiger partial charge < -0.3 is 25.0 Å². The highest BCUT2D eigenvalue weighted by Gasteiger charge is 2.44. The van der Waals surface area contributed by atoms with Crippen LogP contribution in [0.5, 0.6) is 0 Å². The Bertz CT molecular complexity index is 754. The summed E-state index contributed by atoms with van der Waals surface area (Å²) in [7, 11) is 1.32. The molecular weight excluding hydrogens is 399 g/mol. The molecule has 11 heteroatoms. The number of carbonyl (C=O) groups excluding carboxylic acids is 1. The van der Waals surface area contributed by atoms with E-state index in [1.807, 2.05) is 0 Å². The van der Waals surface area contributed by atoms with E-state index in [9.17, 15) is 15.0 Å². The van der Waals surface area contributed by atoms with Gasteiger partial charge in [-0.15, -0.1) is 0 Å². The molecule has 1 aromatic carbocycles. The smallest absolute Gasteiger partial charge is 0.244 e. The van der Waals surface area contributed by atoms with E-state index in [4.69, 9.17) is 38.2 Å². The molecule has 146 valence electrons. The van der Waals surface area contributed by atoms with Crippen molar-refractivity contribution in [1.82, 2.24) is 5.32 Å². The maximum Gasteiger partial charge on any atom is 0.244 e. The fourth-order valence-electron chi connectivity index (χ4n) is 2.55. The fraction of sp³-hybridized carbons (Fsp3) is 0.438. The van der Waals surface area contributed by atoms with E-state index in [1.165, 1.54) is 19.3 Å². The first-order valence-corrected chi connectivity index (χ1v) is 8.61. The van der Waals surface area contributed by atoms with E-state index in [0.717, 1.165) is 0 Å². The number of azide groups is 1. The molecule has 0 bridgehead atoms. The summed E-state index contributed by atoms with van der Waals surface area (Å²) < 4.78 is 10.6. The van der Waals surface area contributed by atoms with E-state index >= 15 is 0 Å². The van der Waals surface area contributed by atoms with Crippen LogP contribution in [0, 0.1) is 0 Å². The minimum atomic E-state index is -1.38. The summed E-state index contributed by atoms with van der Waals surface area (Å²) in [6.07, 6.45) is -2.00. The van der Waals surface area contributed by atoms with Gasteiger partial charge in [-0.1, -0.05) is 34.4 Å². The third-order valence-corrected chi connectivity index (χ3v) is 4.68. The molecule has 0 aromatic heterocycles. The van der Waals surface area contributed by atoms with Gasteiger partial charge in [-0.2, -0.15) is 0 Å². The number of halogens is 2. The highest BCUT2D eigenvalue weighted by molar-refractivity contribution is 6.42. The van der Waals surface area contributed by atoms with Gasteiger partial charge in [0.15, 0.2) is 6.29 Å². The Hall–Kier alpha value is -1.84. The number of amides is 1. The second-order valence-electron chi connectivity index (χ2n) is 5.71. The molecule has 2 rings (SSSR count). The Morgan fingerprint density at radius 3 is 2.78 bits per heavy atom. The van der Waals surface area contributed by atoms with Crippen molar-refractivity contribution in [3.8, 4) is 0 Å². The van der Waals surface area contributed by atoms with Crippen molar-refractivity contribution in [3.05, 3.63) is 50.3 Å². The number of hydrogen-bond donors (Lipinski definition) is 3. The van der Waals surface area contributed by atoms with Crippen LogP contribution in [0.15, 0.2) is 29.4 Å². The summed E-state index contributed by atoms with van der Waals surface area (Å²) in [5, 5.41) is 27.0. The van der Waals surface area contributed by atoms with E-state index < -0.39 is 36.6 Å². The van der Waals surface area contributed by atoms with Gasteiger partial charge in [0.1, 0.15) is 18.2 Å². The number of ether oxygens (including phenoxy) is 2. The van der Waals surface area contributed by atoms with E-state index in [-0.39, 0.29) is 6.54 Å². The maximum atomic E-state index is 12.2. The monoisotopic (exact) mass is 416 g/mol. The van der Waals surface area contributed by atoms with Crippen LogP contribution in [0.3, 0.4) is 0 Å². The maximum absolute atomic E-state index is 12.2. The molecule has 1 amide bonds. The molecule has 0 spiro atoms. The molecule has 1 aromatic rings. The molecule has 9 nitrogen and oxygen atoms in total. The second-order valence-corrected chi connectivity index (χ2v) is 6.53. The van der Waals surface area contributed by atoms with Crippen LogP contribution in [0.25, 0.3) is 16.5 Å². The molecular formula is C16H18Cl2N4O5. The summed E-state index contributed by atoms with van der Waals surface area (Å²) in [5.41, 5.74) is 9.03. The lowest BCUT2D eigenvalue weighted by atomic mass is 9.96. The zero-order valence-electron chi connectivity index (χ0n) is 14.2. The van der Waals surface area contributed by atoms with Gasteiger partial charge in [0.25, 0.3) is 0 Å². The van der Waals surface area contributed by atoms with Crippen LogP contribution in [-0.4, -0.2) is 60.4 Å². The van der Waals surface area contributed by atoms with Crippen LogP contribution in [0.1, 0.15) is 5.56 Å². The van der Waals surface area contributed by atoms with Crippen LogP contribution in [-0.2, 0) is 14.3 Å². The van der Waals surface area contributed by atoms with Gasteiger partial charge in [-0.05, 0) is 29.3 Å². The van der Waals surface area contributed by atoms with Crippen molar-refractivity contribution in [2.75, 3.05) is 13.7 Å². The highest BCUT2D eigenvalue weighted by atomic mass is 35.5. The lowest BCUT2D eigenvalue weighted by molar-refractivity contribution is -0.253. The van der Waals surface area contributed by atoms with Crippen molar-refractivity contribution in [2.45, 2.75) is 30.6 Å². The van der Waals surface area contributed by atoms with Gasteiger partial charge >= 0.3 is 0 Å². The normalized spacial score (nSPS) is 28.0. The number of hydrogen-bond acceptors (Lipinski definition) is 6. The number of nitrogens with zero attached hydrogens (tertiary/aromatic N) is 3. The highest BCUT2D eigenvalue weighted by Crippen LogP contribution is 2.24. The number of carbonyl (C=O) groups is 1. The van der Waals surface area contributed by atoms with Crippen molar-refractivity contribution in [3.63, 3.8) is 0 Å². The van der Waals surface area contributed by atoms with Gasteiger partial charge in [-0.25, -0.2) is 0 Å². The molecule has 0 saturated carbocycles. The fourth-order valence-corrected chi connectivity index (χ4v) is 2.86. The molecule has 1 saturated heterocycles. The first kappa shape index (κ1) is 21.5. The Labute approximate surface area is 165 Å². The van der Waals surface area contributed by atoms with Gasteiger partial charge in [0.2, 0.25) is 5.91 Å². The predicted molar refractivity (Wildman–Crippen MR) is 99.1 cm³/mol. The average Bonchev–Trinajstić information content (AvgIpc) is 2.66. The third-order valence-electron chi connectivity index (χ3n) is 3.94. The van der Waals surface area contributed by atoms with Crippen LogP contribution >= 0.6 is 23.2 Å². The number of methoxy groups -OCH3 is 1. The van der Waals surface area contributed by atoms with E-state index in [0.29, 0.717) is 15.6 Å². The van der Waals surface area contributed by atoms with E-state index in [2.05, 4.69) is 15.3 Å². The molecule has 1 fully saturated rings. The van der Waals surface area contributed by atoms with Crippen molar-refractivity contribution >= 4 is 35.2 Å². The van der Waals surface area contributed by atoms with Crippen molar-refractivity contribution in [1.29, 1.82) is 0 Å². The number of aliphatic hydroxyl groups is 2. The Balaban J connectivity index is 2.05. The summed E-state index contributed by atoms with van der Waals surface area (Å²) in [4.78, 5) is 14.8. The number of benzene rings is 1. The number of rotatable bonds is 6. The molecule has 1 aliphatic heterocycles. The molecule has 1 unspecified atom stereocenters. The average molecular weight is 417 g/mol. The van der Waals surface area contributed by atoms with Crippen LogP contribution < -0.4 is 5.32 Å². The number of nitrogens with one attached hydrogen (secondary N) is 1. The summed E-state index contributed by atoms with van der Waals surface area (Å²) in [5.74, 6) is -0.545. The molecule has 3 N–H and O–H groups in total. The Kier molecular flexibility index (Phi) is 7.88. The van der Waals surface area contributed by atoms with Gasteiger partial charge in [0, 0.05) is 18.1 Å². The molecule has 0 radical (unpaired) electrons. The quantitative estimate of drug-likeness (QED) is 0.281. The Morgan fingerprint density at radius 1 is 1.41 bits per heavy atom. The lowest BCUT2D eigenvalue weighted by Crippen LogP contribution is -2.64. The molecule has 1 heterocycles. The minimum Gasteiger partial charge on any atom is -0.388 e. The van der Waals surface area contributed by atoms with Crippen molar-refractivity contribution < 1.29 is 24.5 Å². The summed E-state index contributed by atoms with van der Waals surface area (Å²) in [6, 6.07) is 3.84. The second kappa shape index (κ2) is 9.91. The zero-order valence-corrected chi connectivity index (χ0v) is 15.7. The zero-order chi connectivity index (χ0) is 20.0.